The molecule has 0 aromatic heterocycles. The molecule has 0 unspecified atom stereocenters. The van der Waals surface area contributed by atoms with Crippen molar-refractivity contribution < 1.29 is 9.90 Å². The maximum atomic E-state index is 9.74. The van der Waals surface area contributed by atoms with E-state index in [2.05, 4.69) is 15.3 Å². The third kappa shape index (κ3) is 5.56. The third-order valence-electron chi connectivity index (χ3n) is 0.375. The van der Waals surface area contributed by atoms with E-state index >= 15 is 0 Å². The summed E-state index contributed by atoms with van der Waals surface area (Å²) in [6, 6.07) is 2.39. The summed E-state index contributed by atoms with van der Waals surface area (Å²) >= 11 is 1.82. The van der Waals surface area contributed by atoms with E-state index in [1.807, 2.05) is 22.6 Å². The molecule has 0 radical (unpaired) electrons. The van der Waals surface area contributed by atoms with Crippen LogP contribution in [-0.4, -0.2) is 17.6 Å². The van der Waals surface area contributed by atoms with E-state index in [4.69, 9.17) is 5.11 Å². The van der Waals surface area contributed by atoms with E-state index in [0.29, 0.717) is 0 Å². The average molecular weight is 225 g/mol. The van der Waals surface area contributed by atoms with Crippen LogP contribution in [0.3, 0.4) is 0 Å². The smallest absolute Gasteiger partial charge is 0.323 e. The van der Waals surface area contributed by atoms with Crippen molar-refractivity contribution in [2.75, 3.05) is 6.54 Å². The highest BCUT2D eigenvalue weighted by Gasteiger charge is 1.88. The van der Waals surface area contributed by atoms with E-state index in [-0.39, 0.29) is 6.54 Å². The van der Waals surface area contributed by atoms with E-state index in [0.717, 1.165) is 0 Å². The predicted octanol–water partition coefficient (Wildman–Crippen LogP) is 0.0140. The minimum absolute atomic E-state index is 0.101. The van der Waals surface area contributed by atoms with Gasteiger partial charge in [-0.3, -0.25) is 4.79 Å². The number of carbonyl (C=O) groups is 1. The molecule has 0 aliphatic rings. The van der Waals surface area contributed by atoms with Gasteiger partial charge in [0, 0.05) is 28.6 Å². The van der Waals surface area contributed by atoms with Gasteiger partial charge in [0.15, 0.2) is 0 Å². The summed E-state index contributed by atoms with van der Waals surface area (Å²) in [5.74, 6) is -0.899. The molecule has 2 N–H and O–H groups in total. The van der Waals surface area contributed by atoms with Crippen molar-refractivity contribution in [2.24, 2.45) is 0 Å². The highest BCUT2D eigenvalue weighted by atomic mass is 127. The monoisotopic (exact) mass is 225 g/mol. The number of hydrogen-bond donors (Lipinski definition) is 2. The van der Waals surface area contributed by atoms with Crippen LogP contribution in [0.25, 0.3) is 0 Å². The second-order valence-corrected chi connectivity index (χ2v) is 1.51. The van der Waals surface area contributed by atoms with Crippen molar-refractivity contribution in [2.45, 2.75) is 0 Å². The predicted molar refractivity (Wildman–Crippen MR) is 37.4 cm³/mol. The normalized spacial score (nSPS) is 6.62. The molecule has 44 valence electrons. The molecule has 0 aromatic carbocycles. The van der Waals surface area contributed by atoms with Crippen LogP contribution in [0.1, 0.15) is 0 Å². The molecular weight excluding hydrogens is 221 g/mol. The molecule has 0 saturated carbocycles. The number of carboxylic acids is 1. The van der Waals surface area contributed by atoms with E-state index in [1.165, 1.54) is 0 Å². The Hall–Kier alpha value is -0.440. The van der Waals surface area contributed by atoms with Gasteiger partial charge in [-0.25, -0.2) is 0 Å². The summed E-state index contributed by atoms with van der Waals surface area (Å²) in [5.41, 5.74) is 0. The number of carboxylic acid groups (broad SMARTS) is 1. The van der Waals surface area contributed by atoms with Gasteiger partial charge in [-0.2, -0.15) is 0 Å². The molecule has 0 aliphatic heterocycles. The van der Waals surface area contributed by atoms with Gasteiger partial charge < -0.3 is 10.4 Å². The number of aliphatic carboxylic acids is 1. The summed E-state index contributed by atoms with van der Waals surface area (Å²) in [7, 11) is 0. The van der Waals surface area contributed by atoms with Crippen molar-refractivity contribution in [3.05, 3.63) is 0 Å². The molecule has 0 aliphatic carbocycles. The van der Waals surface area contributed by atoms with Gasteiger partial charge in [-0.15, -0.1) is 0 Å². The van der Waals surface area contributed by atoms with Crippen LogP contribution in [0.2, 0.25) is 0 Å². The molecule has 0 rings (SSSR count). The molecule has 0 heterocycles. The van der Waals surface area contributed by atoms with E-state index in [9.17, 15) is 4.79 Å². The largest absolute Gasteiger partial charge is 0.480 e. The lowest BCUT2D eigenvalue weighted by molar-refractivity contribution is -0.135. The summed E-state index contributed by atoms with van der Waals surface area (Å²) in [4.78, 5) is 9.74. The highest BCUT2D eigenvalue weighted by Crippen LogP contribution is 1.66. The quantitative estimate of drug-likeness (QED) is 0.395. The summed E-state index contributed by atoms with van der Waals surface area (Å²) in [5, 5.41) is 10.4. The highest BCUT2D eigenvalue weighted by molar-refractivity contribution is 14.1. The van der Waals surface area contributed by atoms with Crippen LogP contribution < -0.4 is 5.32 Å². The first kappa shape index (κ1) is 7.56. The van der Waals surface area contributed by atoms with Gasteiger partial charge in [0.25, 0.3) is 0 Å². The molecule has 0 fully saturated rings. The lowest BCUT2D eigenvalue weighted by atomic mass is 10.7. The SMILES string of the molecule is O=C(O)CNC#CI. The molecule has 0 atom stereocenters. The first-order valence-electron chi connectivity index (χ1n) is 1.82. The Morgan fingerprint density at radius 3 is 2.88 bits per heavy atom. The Balaban J connectivity index is 3.14. The fraction of sp³-hybridized carbons (Fsp3) is 0.250. The van der Waals surface area contributed by atoms with Crippen LogP contribution in [0.15, 0.2) is 0 Å². The van der Waals surface area contributed by atoms with Crippen molar-refractivity contribution in [1.29, 1.82) is 0 Å². The van der Waals surface area contributed by atoms with Crippen LogP contribution in [0.5, 0.6) is 0 Å². The Morgan fingerprint density at radius 2 is 2.50 bits per heavy atom. The second kappa shape index (κ2) is 4.71. The molecule has 0 saturated heterocycles. The van der Waals surface area contributed by atoms with Gasteiger partial charge in [-0.05, 0) is 3.93 Å². The van der Waals surface area contributed by atoms with Crippen LogP contribution in [0, 0.1) is 9.97 Å². The first-order valence-corrected chi connectivity index (χ1v) is 2.90. The zero-order chi connectivity index (χ0) is 6.41. The third-order valence-corrected chi connectivity index (χ3v) is 0.645. The standard InChI is InChI=1S/C4H4INO2/c5-1-2-6-3-4(7)8/h6H,3H2,(H,7,8). The van der Waals surface area contributed by atoms with Crippen molar-refractivity contribution in [3.63, 3.8) is 0 Å². The fourth-order valence-electron chi connectivity index (χ4n) is 0.153. The average Bonchev–Trinajstić information content (AvgIpc) is 1.66. The summed E-state index contributed by atoms with van der Waals surface area (Å²) in [6.07, 6.45) is 0. The Kier molecular flexibility index (Phi) is 4.45. The van der Waals surface area contributed by atoms with Gasteiger partial charge in [0.1, 0.15) is 6.54 Å². The molecule has 8 heavy (non-hydrogen) atoms. The van der Waals surface area contributed by atoms with Crippen LogP contribution >= 0.6 is 22.6 Å². The number of halogens is 1. The van der Waals surface area contributed by atoms with E-state index < -0.39 is 5.97 Å². The zero-order valence-electron chi connectivity index (χ0n) is 3.94. The van der Waals surface area contributed by atoms with E-state index in [1.54, 1.807) is 0 Å². The van der Waals surface area contributed by atoms with Crippen molar-refractivity contribution in [1.82, 2.24) is 5.32 Å². The Labute approximate surface area is 60.6 Å². The van der Waals surface area contributed by atoms with Crippen LogP contribution in [-0.2, 0) is 4.79 Å². The summed E-state index contributed by atoms with van der Waals surface area (Å²) in [6.45, 7) is -0.101. The number of hydrogen-bond acceptors (Lipinski definition) is 2. The number of rotatable bonds is 2. The Bertz CT molecular complexity index is 135. The lowest BCUT2D eigenvalue weighted by Crippen LogP contribution is -2.16. The molecule has 0 aromatic rings. The zero-order valence-corrected chi connectivity index (χ0v) is 6.10. The molecule has 0 amide bonds. The van der Waals surface area contributed by atoms with Gasteiger partial charge in [-0.1, -0.05) is 0 Å². The lowest BCUT2D eigenvalue weighted by Gasteiger charge is -1.86. The summed E-state index contributed by atoms with van der Waals surface area (Å²) < 4.78 is 2.47. The molecule has 0 bridgehead atoms. The maximum Gasteiger partial charge on any atom is 0.323 e. The number of nitrogens with one attached hydrogen (secondary N) is 1. The van der Waals surface area contributed by atoms with Crippen LogP contribution in [0.4, 0.5) is 0 Å². The second-order valence-electron chi connectivity index (χ2n) is 0.967. The maximum absolute atomic E-state index is 9.74. The van der Waals surface area contributed by atoms with Crippen molar-refractivity contribution >= 4 is 28.6 Å². The molecule has 3 nitrogen and oxygen atoms in total. The fourth-order valence-corrected chi connectivity index (χ4v) is 0.344. The topological polar surface area (TPSA) is 49.3 Å². The molecular formula is C4H4INO2. The van der Waals surface area contributed by atoms with Gasteiger partial charge in [0.2, 0.25) is 0 Å². The van der Waals surface area contributed by atoms with Crippen molar-refractivity contribution in [3.8, 4) is 9.97 Å². The van der Waals surface area contributed by atoms with Gasteiger partial charge in [0.05, 0.1) is 0 Å². The Morgan fingerprint density at radius 1 is 1.88 bits per heavy atom. The molecule has 0 spiro atoms. The molecule has 4 heteroatoms. The van der Waals surface area contributed by atoms with Gasteiger partial charge >= 0.3 is 5.97 Å². The first-order chi connectivity index (χ1) is 3.77. The minimum Gasteiger partial charge on any atom is -0.480 e. The minimum atomic E-state index is -0.899.